The van der Waals surface area contributed by atoms with Crippen molar-refractivity contribution in [3.05, 3.63) is 64.1 Å². The van der Waals surface area contributed by atoms with Crippen molar-refractivity contribution in [1.82, 2.24) is 10.3 Å². The van der Waals surface area contributed by atoms with Crippen LogP contribution in [-0.4, -0.2) is 24.5 Å². The zero-order chi connectivity index (χ0) is 17.0. The van der Waals surface area contributed by atoms with Gasteiger partial charge in [-0.2, -0.15) is 0 Å². The van der Waals surface area contributed by atoms with E-state index in [0.29, 0.717) is 6.54 Å². The first-order valence-corrected chi connectivity index (χ1v) is 8.26. The van der Waals surface area contributed by atoms with Crippen molar-refractivity contribution in [2.24, 2.45) is 0 Å². The highest BCUT2D eigenvalue weighted by Gasteiger charge is 2.38. The number of aromatic amines is 1. The average molecular weight is 326 g/mol. The molecule has 0 radical (unpaired) electrons. The van der Waals surface area contributed by atoms with E-state index in [1.54, 1.807) is 19.2 Å². The van der Waals surface area contributed by atoms with E-state index in [9.17, 15) is 9.59 Å². The number of aromatic nitrogens is 1. The maximum absolute atomic E-state index is 12.4. The van der Waals surface area contributed by atoms with Gasteiger partial charge in [0, 0.05) is 23.7 Å². The first-order valence-electron chi connectivity index (χ1n) is 8.26. The second kappa shape index (κ2) is 6.91. The molecule has 0 unspecified atom stereocenters. The predicted octanol–water partition coefficient (Wildman–Crippen LogP) is 2.63. The number of methoxy groups -OCH3 is 1. The Kier molecular flexibility index (Phi) is 4.69. The Labute approximate surface area is 141 Å². The van der Waals surface area contributed by atoms with E-state index in [1.807, 2.05) is 18.2 Å². The molecule has 1 aliphatic rings. The lowest BCUT2D eigenvalue weighted by Crippen LogP contribution is -2.40. The fraction of sp³-hybridized carbons (Fsp3) is 0.368. The fourth-order valence-corrected chi connectivity index (χ4v) is 3.62. The number of H-pyrrole nitrogens is 1. The number of para-hydroxylation sites is 1. The molecule has 2 N–H and O–H groups in total. The van der Waals surface area contributed by atoms with Gasteiger partial charge < -0.3 is 15.0 Å². The van der Waals surface area contributed by atoms with Gasteiger partial charge in [0.2, 0.25) is 0 Å². The van der Waals surface area contributed by atoms with E-state index >= 15 is 0 Å². The summed E-state index contributed by atoms with van der Waals surface area (Å²) in [6.45, 7) is 0.501. The Morgan fingerprint density at radius 3 is 2.67 bits per heavy atom. The molecule has 0 saturated heterocycles. The maximum Gasteiger partial charge on any atom is 0.260 e. The minimum absolute atomic E-state index is 0.135. The Hall–Kier alpha value is -2.56. The van der Waals surface area contributed by atoms with Crippen LogP contribution in [0.5, 0.6) is 5.75 Å². The second-order valence-electron chi connectivity index (χ2n) is 6.28. The van der Waals surface area contributed by atoms with Gasteiger partial charge in [-0.1, -0.05) is 31.0 Å². The Balaban J connectivity index is 1.84. The Morgan fingerprint density at radius 1 is 1.21 bits per heavy atom. The highest BCUT2D eigenvalue weighted by Crippen LogP contribution is 2.44. The maximum atomic E-state index is 12.4. The normalized spacial score (nSPS) is 15.9. The van der Waals surface area contributed by atoms with Crippen LogP contribution in [0.25, 0.3) is 0 Å². The molecule has 1 aliphatic carbocycles. The monoisotopic (exact) mass is 326 g/mol. The smallest absolute Gasteiger partial charge is 0.260 e. The van der Waals surface area contributed by atoms with Crippen LogP contribution in [0.15, 0.2) is 47.4 Å². The number of benzene rings is 1. The van der Waals surface area contributed by atoms with E-state index in [1.165, 1.54) is 6.20 Å². The topological polar surface area (TPSA) is 71.2 Å². The average Bonchev–Trinajstić information content (AvgIpc) is 3.10. The minimum Gasteiger partial charge on any atom is -0.496 e. The summed E-state index contributed by atoms with van der Waals surface area (Å²) < 4.78 is 5.53. The lowest BCUT2D eigenvalue weighted by atomic mass is 9.78. The summed E-state index contributed by atoms with van der Waals surface area (Å²) in [6, 6.07) is 11.2. The summed E-state index contributed by atoms with van der Waals surface area (Å²) in [6.07, 6.45) is 5.77. The molecule has 1 aromatic heterocycles. The molecule has 1 heterocycles. The molecule has 1 saturated carbocycles. The van der Waals surface area contributed by atoms with E-state index < -0.39 is 0 Å². The van der Waals surface area contributed by atoms with E-state index in [0.717, 1.165) is 37.0 Å². The number of pyridine rings is 1. The molecule has 0 aliphatic heterocycles. The third kappa shape index (κ3) is 3.07. The number of carbonyl (C=O) groups is 1. The molecular weight excluding hydrogens is 304 g/mol. The number of ether oxygens (including phenoxy) is 1. The van der Waals surface area contributed by atoms with Crippen LogP contribution < -0.4 is 15.6 Å². The van der Waals surface area contributed by atoms with Crippen molar-refractivity contribution in [3.8, 4) is 5.75 Å². The molecule has 126 valence electrons. The number of hydrogen-bond donors (Lipinski definition) is 2. The van der Waals surface area contributed by atoms with Crippen molar-refractivity contribution in [2.75, 3.05) is 13.7 Å². The minimum atomic E-state index is -0.368. The molecule has 3 rings (SSSR count). The van der Waals surface area contributed by atoms with Gasteiger partial charge in [0.25, 0.3) is 11.5 Å². The van der Waals surface area contributed by atoms with Crippen LogP contribution in [0.2, 0.25) is 0 Å². The molecule has 5 nitrogen and oxygen atoms in total. The lowest BCUT2D eigenvalue weighted by molar-refractivity contribution is 0.0941. The van der Waals surface area contributed by atoms with Crippen molar-refractivity contribution in [1.29, 1.82) is 0 Å². The van der Waals surface area contributed by atoms with Gasteiger partial charge in [0.15, 0.2) is 0 Å². The lowest BCUT2D eigenvalue weighted by Gasteiger charge is -2.31. The molecule has 5 heteroatoms. The molecule has 2 aromatic rings. The van der Waals surface area contributed by atoms with E-state index in [4.69, 9.17) is 4.74 Å². The third-order valence-electron chi connectivity index (χ3n) is 4.89. The number of hydrogen-bond acceptors (Lipinski definition) is 3. The van der Waals surface area contributed by atoms with E-state index in [2.05, 4.69) is 16.4 Å². The summed E-state index contributed by atoms with van der Waals surface area (Å²) in [5, 5.41) is 2.96. The SMILES string of the molecule is COc1ccccc1C1(CNC(=O)c2ccc[nH]c2=O)CCCC1. The van der Waals surface area contributed by atoms with Crippen LogP contribution in [0.4, 0.5) is 0 Å². The summed E-state index contributed by atoms with van der Waals surface area (Å²) >= 11 is 0. The van der Waals surface area contributed by atoms with Gasteiger partial charge in [-0.25, -0.2) is 0 Å². The summed E-state index contributed by atoms with van der Waals surface area (Å²) in [5.74, 6) is 0.518. The van der Waals surface area contributed by atoms with Gasteiger partial charge in [-0.05, 0) is 31.0 Å². The van der Waals surface area contributed by atoms with Crippen LogP contribution in [0.3, 0.4) is 0 Å². The molecule has 1 amide bonds. The number of rotatable bonds is 5. The van der Waals surface area contributed by atoms with Gasteiger partial charge in [-0.15, -0.1) is 0 Å². The van der Waals surface area contributed by atoms with Crippen LogP contribution >= 0.6 is 0 Å². The molecule has 0 bridgehead atoms. The van der Waals surface area contributed by atoms with Gasteiger partial charge >= 0.3 is 0 Å². The molecule has 0 atom stereocenters. The summed E-state index contributed by atoms with van der Waals surface area (Å²) in [7, 11) is 1.67. The van der Waals surface area contributed by atoms with Gasteiger partial charge in [0.1, 0.15) is 11.3 Å². The quantitative estimate of drug-likeness (QED) is 0.887. The molecule has 1 fully saturated rings. The van der Waals surface area contributed by atoms with Gasteiger partial charge in [0.05, 0.1) is 7.11 Å². The molecule has 24 heavy (non-hydrogen) atoms. The van der Waals surface area contributed by atoms with Gasteiger partial charge in [-0.3, -0.25) is 9.59 Å². The predicted molar refractivity (Wildman–Crippen MR) is 92.5 cm³/mol. The Morgan fingerprint density at radius 2 is 1.96 bits per heavy atom. The third-order valence-corrected chi connectivity index (χ3v) is 4.89. The fourth-order valence-electron chi connectivity index (χ4n) is 3.62. The summed E-state index contributed by atoms with van der Waals surface area (Å²) in [4.78, 5) is 26.7. The summed E-state index contributed by atoms with van der Waals surface area (Å²) in [5.41, 5.74) is 0.773. The number of amides is 1. The molecule has 1 aromatic carbocycles. The first-order chi connectivity index (χ1) is 11.7. The number of nitrogens with one attached hydrogen (secondary N) is 2. The standard InChI is InChI=1S/C19H22N2O3/c1-24-16-9-3-2-8-15(16)19(10-4-5-11-19)13-21-18(23)14-7-6-12-20-17(14)22/h2-3,6-9,12H,4-5,10-11,13H2,1H3,(H,20,22)(H,21,23). The van der Waals surface area contributed by atoms with Crippen molar-refractivity contribution in [3.63, 3.8) is 0 Å². The zero-order valence-electron chi connectivity index (χ0n) is 13.8. The van der Waals surface area contributed by atoms with Crippen LogP contribution in [0.1, 0.15) is 41.6 Å². The second-order valence-corrected chi connectivity index (χ2v) is 6.28. The largest absolute Gasteiger partial charge is 0.496 e. The molecular formula is C19H22N2O3. The highest BCUT2D eigenvalue weighted by molar-refractivity contribution is 5.93. The number of carbonyl (C=O) groups excluding carboxylic acids is 1. The van der Waals surface area contributed by atoms with Crippen LogP contribution in [-0.2, 0) is 5.41 Å². The van der Waals surface area contributed by atoms with E-state index in [-0.39, 0.29) is 22.4 Å². The van der Waals surface area contributed by atoms with Crippen LogP contribution in [0, 0.1) is 0 Å². The van der Waals surface area contributed by atoms with Crippen molar-refractivity contribution in [2.45, 2.75) is 31.1 Å². The zero-order valence-corrected chi connectivity index (χ0v) is 13.8. The molecule has 0 spiro atoms. The Bertz CT molecular complexity index is 776. The van der Waals surface area contributed by atoms with Crippen molar-refractivity contribution >= 4 is 5.91 Å². The van der Waals surface area contributed by atoms with Crippen molar-refractivity contribution < 1.29 is 9.53 Å². The first kappa shape index (κ1) is 16.3. The highest BCUT2D eigenvalue weighted by atomic mass is 16.5.